The zero-order chi connectivity index (χ0) is 14.4. The lowest BCUT2D eigenvalue weighted by Gasteiger charge is -2.29. The molecule has 1 heterocycles. The molecule has 1 aliphatic heterocycles. The maximum absolute atomic E-state index is 5.38. The summed E-state index contributed by atoms with van der Waals surface area (Å²) in [5.74, 6) is 0.609. The topological polar surface area (TPSA) is 24.5 Å². The molecule has 1 aliphatic rings. The zero-order valence-corrected chi connectivity index (χ0v) is 13.1. The number of ether oxygens (including phenoxy) is 1. The molecule has 0 spiro atoms. The molecule has 1 N–H and O–H groups in total. The van der Waals surface area contributed by atoms with Gasteiger partial charge in [-0.3, -0.25) is 4.90 Å². The van der Waals surface area contributed by atoms with Crippen LogP contribution in [0.4, 0.5) is 0 Å². The molecule has 1 fully saturated rings. The van der Waals surface area contributed by atoms with Crippen LogP contribution in [-0.4, -0.2) is 43.8 Å². The highest BCUT2D eigenvalue weighted by Gasteiger charge is 2.13. The Hall–Kier alpha value is -0.900. The fourth-order valence-electron chi connectivity index (χ4n) is 2.55. The van der Waals surface area contributed by atoms with Crippen LogP contribution < -0.4 is 5.32 Å². The maximum Gasteiger partial charge on any atom is 0.0594 e. The third kappa shape index (κ3) is 4.89. The third-order valence-electron chi connectivity index (χ3n) is 3.94. The second-order valence-corrected chi connectivity index (χ2v) is 6.09. The Morgan fingerprint density at radius 3 is 2.35 bits per heavy atom. The van der Waals surface area contributed by atoms with E-state index in [9.17, 15) is 0 Å². The van der Waals surface area contributed by atoms with Crippen LogP contribution in [0.1, 0.15) is 37.8 Å². The van der Waals surface area contributed by atoms with Gasteiger partial charge in [0.25, 0.3) is 0 Å². The Labute approximate surface area is 123 Å². The fraction of sp³-hybridized carbons (Fsp3) is 0.647. The van der Waals surface area contributed by atoms with Crippen LogP contribution in [0.15, 0.2) is 24.3 Å². The molecule has 1 aromatic carbocycles. The van der Waals surface area contributed by atoms with Crippen molar-refractivity contribution in [2.75, 3.05) is 32.8 Å². The molecular formula is C17H28N2O. The largest absolute Gasteiger partial charge is 0.379 e. The molecule has 0 amide bonds. The van der Waals surface area contributed by atoms with E-state index in [1.54, 1.807) is 0 Å². The van der Waals surface area contributed by atoms with E-state index >= 15 is 0 Å². The minimum absolute atomic E-state index is 0.512. The van der Waals surface area contributed by atoms with E-state index in [0.29, 0.717) is 12.0 Å². The normalized spacial score (nSPS) is 18.4. The van der Waals surface area contributed by atoms with Crippen molar-refractivity contribution < 1.29 is 4.74 Å². The second kappa shape index (κ2) is 7.77. The maximum atomic E-state index is 5.38. The van der Waals surface area contributed by atoms with Gasteiger partial charge in [-0.2, -0.15) is 0 Å². The number of rotatable bonds is 6. The van der Waals surface area contributed by atoms with Crippen molar-refractivity contribution >= 4 is 0 Å². The first-order valence-corrected chi connectivity index (χ1v) is 7.77. The van der Waals surface area contributed by atoms with Gasteiger partial charge in [-0.25, -0.2) is 0 Å². The standard InChI is InChI=1S/C17H28N2O/c1-14(2)17-6-4-16(5-7-17)12-18-15(3)13-19-8-10-20-11-9-19/h4-7,14-15,18H,8-13H2,1-3H3. The highest BCUT2D eigenvalue weighted by molar-refractivity contribution is 5.24. The molecule has 3 nitrogen and oxygen atoms in total. The summed E-state index contributed by atoms with van der Waals surface area (Å²) in [6, 6.07) is 9.48. The lowest BCUT2D eigenvalue weighted by molar-refractivity contribution is 0.0343. The van der Waals surface area contributed by atoms with Gasteiger partial charge < -0.3 is 10.1 Å². The average Bonchev–Trinajstić information content (AvgIpc) is 2.46. The molecule has 3 heteroatoms. The Balaban J connectivity index is 1.73. The molecule has 0 radical (unpaired) electrons. The lowest BCUT2D eigenvalue weighted by atomic mass is 10.0. The van der Waals surface area contributed by atoms with Crippen LogP contribution in [0, 0.1) is 0 Å². The highest BCUT2D eigenvalue weighted by Crippen LogP contribution is 2.14. The highest BCUT2D eigenvalue weighted by atomic mass is 16.5. The second-order valence-electron chi connectivity index (χ2n) is 6.09. The van der Waals surface area contributed by atoms with Crippen LogP contribution in [0.3, 0.4) is 0 Å². The number of hydrogen-bond donors (Lipinski definition) is 1. The summed E-state index contributed by atoms with van der Waals surface area (Å²) in [7, 11) is 0. The van der Waals surface area contributed by atoms with E-state index < -0.39 is 0 Å². The van der Waals surface area contributed by atoms with Crippen molar-refractivity contribution in [3.63, 3.8) is 0 Å². The Bertz CT molecular complexity index is 382. The minimum Gasteiger partial charge on any atom is -0.379 e. The van der Waals surface area contributed by atoms with Gasteiger partial charge in [0.05, 0.1) is 13.2 Å². The van der Waals surface area contributed by atoms with Crippen molar-refractivity contribution in [3.05, 3.63) is 35.4 Å². The third-order valence-corrected chi connectivity index (χ3v) is 3.94. The van der Waals surface area contributed by atoms with Crippen LogP contribution >= 0.6 is 0 Å². The summed E-state index contributed by atoms with van der Waals surface area (Å²) in [5, 5.41) is 3.61. The first-order valence-electron chi connectivity index (χ1n) is 7.77. The van der Waals surface area contributed by atoms with Gasteiger partial charge in [0.2, 0.25) is 0 Å². The quantitative estimate of drug-likeness (QED) is 0.864. The number of benzene rings is 1. The molecule has 0 aromatic heterocycles. The van der Waals surface area contributed by atoms with Gasteiger partial charge in [0.15, 0.2) is 0 Å². The summed E-state index contributed by atoms with van der Waals surface area (Å²) in [5.41, 5.74) is 2.78. The number of nitrogens with zero attached hydrogens (tertiary/aromatic N) is 1. The molecule has 0 aliphatic carbocycles. The Kier molecular flexibility index (Phi) is 6.02. The molecule has 1 saturated heterocycles. The van der Waals surface area contributed by atoms with E-state index in [0.717, 1.165) is 39.4 Å². The summed E-state index contributed by atoms with van der Waals surface area (Å²) in [4.78, 5) is 2.48. The van der Waals surface area contributed by atoms with Crippen LogP contribution in [0.5, 0.6) is 0 Å². The number of hydrogen-bond acceptors (Lipinski definition) is 3. The van der Waals surface area contributed by atoms with E-state index in [1.807, 2.05) is 0 Å². The molecule has 1 aromatic rings. The van der Waals surface area contributed by atoms with Crippen molar-refractivity contribution in [1.82, 2.24) is 10.2 Å². The first-order chi connectivity index (χ1) is 9.65. The summed E-state index contributed by atoms with van der Waals surface area (Å²) in [6.45, 7) is 12.7. The molecule has 0 bridgehead atoms. The van der Waals surface area contributed by atoms with Crippen LogP contribution in [0.2, 0.25) is 0 Å². The monoisotopic (exact) mass is 276 g/mol. The van der Waals surface area contributed by atoms with Gasteiger partial charge >= 0.3 is 0 Å². The van der Waals surface area contributed by atoms with Gasteiger partial charge in [-0.05, 0) is 24.0 Å². The summed E-state index contributed by atoms with van der Waals surface area (Å²) < 4.78 is 5.38. The van der Waals surface area contributed by atoms with E-state index in [4.69, 9.17) is 4.74 Å². The van der Waals surface area contributed by atoms with Crippen molar-refractivity contribution in [3.8, 4) is 0 Å². The molecule has 0 saturated carbocycles. The fourth-order valence-corrected chi connectivity index (χ4v) is 2.55. The summed E-state index contributed by atoms with van der Waals surface area (Å²) in [6.07, 6.45) is 0. The predicted molar refractivity (Wildman–Crippen MR) is 84.1 cm³/mol. The Morgan fingerprint density at radius 2 is 1.75 bits per heavy atom. The minimum atomic E-state index is 0.512. The molecule has 20 heavy (non-hydrogen) atoms. The smallest absolute Gasteiger partial charge is 0.0594 e. The predicted octanol–water partition coefficient (Wildman–Crippen LogP) is 2.62. The lowest BCUT2D eigenvalue weighted by Crippen LogP contribution is -2.44. The van der Waals surface area contributed by atoms with E-state index in [2.05, 4.69) is 55.3 Å². The van der Waals surface area contributed by atoms with E-state index in [1.165, 1.54) is 11.1 Å². The number of morpholine rings is 1. The molecule has 112 valence electrons. The number of nitrogens with one attached hydrogen (secondary N) is 1. The van der Waals surface area contributed by atoms with Crippen molar-refractivity contribution in [1.29, 1.82) is 0 Å². The molecule has 1 atom stereocenters. The van der Waals surface area contributed by atoms with Gasteiger partial charge in [-0.15, -0.1) is 0 Å². The Morgan fingerprint density at radius 1 is 1.10 bits per heavy atom. The van der Waals surface area contributed by atoms with Crippen LogP contribution in [-0.2, 0) is 11.3 Å². The molecule has 2 rings (SSSR count). The SMILES string of the molecule is CC(CN1CCOCC1)NCc1ccc(C(C)C)cc1. The zero-order valence-electron chi connectivity index (χ0n) is 13.1. The molecule has 1 unspecified atom stereocenters. The molecular weight excluding hydrogens is 248 g/mol. The summed E-state index contributed by atoms with van der Waals surface area (Å²) >= 11 is 0. The van der Waals surface area contributed by atoms with Gasteiger partial charge in [-0.1, -0.05) is 38.1 Å². The average molecular weight is 276 g/mol. The van der Waals surface area contributed by atoms with E-state index in [-0.39, 0.29) is 0 Å². The first kappa shape index (κ1) is 15.5. The van der Waals surface area contributed by atoms with Crippen molar-refractivity contribution in [2.45, 2.75) is 39.3 Å². The van der Waals surface area contributed by atoms with Crippen molar-refractivity contribution in [2.24, 2.45) is 0 Å². The van der Waals surface area contributed by atoms with Gasteiger partial charge in [0.1, 0.15) is 0 Å². The van der Waals surface area contributed by atoms with Crippen LogP contribution in [0.25, 0.3) is 0 Å². The van der Waals surface area contributed by atoms with Gasteiger partial charge in [0, 0.05) is 32.2 Å².